The molecule has 1 aromatic carbocycles. The third-order valence-electron chi connectivity index (χ3n) is 4.88. The molecule has 2 atom stereocenters. The van der Waals surface area contributed by atoms with Crippen LogP contribution in [0.4, 0.5) is 10.2 Å². The predicted octanol–water partition coefficient (Wildman–Crippen LogP) is 2.79. The van der Waals surface area contributed by atoms with E-state index in [1.165, 1.54) is 6.07 Å². The molecule has 1 saturated heterocycles. The fourth-order valence-corrected chi connectivity index (χ4v) is 3.31. The Balaban J connectivity index is 1.73. The lowest BCUT2D eigenvalue weighted by Gasteiger charge is -2.36. The summed E-state index contributed by atoms with van der Waals surface area (Å²) in [6, 6.07) is 10.3. The predicted molar refractivity (Wildman–Crippen MR) is 93.0 cm³/mol. The maximum Gasteiger partial charge on any atom is 0.188 e. The third-order valence-corrected chi connectivity index (χ3v) is 4.88. The minimum absolute atomic E-state index is 0.179. The fraction of sp³-hybridized carbons (Fsp3) is 0.389. The van der Waals surface area contributed by atoms with Gasteiger partial charge in [0.05, 0.1) is 11.7 Å². The Bertz CT molecular complexity index is 896. The zero-order valence-corrected chi connectivity index (χ0v) is 14.3. The molecule has 2 aromatic heterocycles. The zero-order valence-electron chi connectivity index (χ0n) is 14.3. The maximum atomic E-state index is 14.1. The number of ether oxygens (including phenoxy) is 1. The summed E-state index contributed by atoms with van der Waals surface area (Å²) >= 11 is 0. The van der Waals surface area contributed by atoms with Crippen molar-refractivity contribution in [1.82, 2.24) is 19.8 Å². The summed E-state index contributed by atoms with van der Waals surface area (Å²) in [6.07, 6.45) is 1.22. The number of hydrogen-bond donors (Lipinski definition) is 0. The van der Waals surface area contributed by atoms with Crippen molar-refractivity contribution in [1.29, 1.82) is 0 Å². The Morgan fingerprint density at radius 2 is 2.00 bits per heavy atom. The maximum absolute atomic E-state index is 14.1. The molecular weight excluding hydrogens is 321 g/mol. The van der Waals surface area contributed by atoms with Crippen LogP contribution in [0.3, 0.4) is 0 Å². The van der Waals surface area contributed by atoms with Gasteiger partial charge < -0.3 is 9.64 Å². The van der Waals surface area contributed by atoms with Crippen LogP contribution in [-0.2, 0) is 4.74 Å². The standard InChI is InChI=1S/C18H20FN5O/c1-12-9-10-23(11-15(12)25-2)17-8-7-16-20-21-18(24(16)22-17)13-5-3-4-6-14(13)19/h3-8,12,15H,9-11H2,1-2H3. The summed E-state index contributed by atoms with van der Waals surface area (Å²) in [4.78, 5) is 2.19. The smallest absolute Gasteiger partial charge is 0.188 e. The Morgan fingerprint density at radius 3 is 2.80 bits per heavy atom. The number of piperidine rings is 1. The first-order chi connectivity index (χ1) is 12.2. The minimum atomic E-state index is -0.338. The molecule has 2 unspecified atom stereocenters. The molecule has 0 bridgehead atoms. The van der Waals surface area contributed by atoms with Crippen molar-refractivity contribution < 1.29 is 9.13 Å². The Labute approximate surface area is 145 Å². The van der Waals surface area contributed by atoms with E-state index < -0.39 is 0 Å². The van der Waals surface area contributed by atoms with E-state index in [9.17, 15) is 4.39 Å². The Hall–Kier alpha value is -2.54. The van der Waals surface area contributed by atoms with Crippen molar-refractivity contribution in [3.63, 3.8) is 0 Å². The molecule has 0 spiro atoms. The number of methoxy groups -OCH3 is 1. The number of aromatic nitrogens is 4. The van der Waals surface area contributed by atoms with Crippen LogP contribution in [0.25, 0.3) is 17.0 Å². The monoisotopic (exact) mass is 341 g/mol. The summed E-state index contributed by atoms with van der Waals surface area (Å²) < 4.78 is 21.3. The summed E-state index contributed by atoms with van der Waals surface area (Å²) in [7, 11) is 1.75. The van der Waals surface area contributed by atoms with Crippen LogP contribution in [0.5, 0.6) is 0 Å². The summed E-state index contributed by atoms with van der Waals surface area (Å²) in [5.74, 6) is 1.41. The van der Waals surface area contributed by atoms with Gasteiger partial charge in [-0.1, -0.05) is 19.1 Å². The van der Waals surface area contributed by atoms with Crippen molar-refractivity contribution in [2.45, 2.75) is 19.4 Å². The molecule has 7 heteroatoms. The second-order valence-electron chi connectivity index (χ2n) is 6.45. The van der Waals surface area contributed by atoms with Gasteiger partial charge >= 0.3 is 0 Å². The van der Waals surface area contributed by atoms with E-state index in [1.807, 2.05) is 12.1 Å². The lowest BCUT2D eigenvalue weighted by atomic mass is 9.96. The average Bonchev–Trinajstić information content (AvgIpc) is 3.05. The van der Waals surface area contributed by atoms with Crippen molar-refractivity contribution in [2.24, 2.45) is 5.92 Å². The second-order valence-corrected chi connectivity index (χ2v) is 6.45. The van der Waals surface area contributed by atoms with E-state index >= 15 is 0 Å². The van der Waals surface area contributed by atoms with Gasteiger partial charge in [-0.25, -0.2) is 4.39 Å². The normalized spacial score (nSPS) is 21.0. The molecule has 3 aromatic rings. The number of halogens is 1. The average molecular weight is 341 g/mol. The molecule has 4 rings (SSSR count). The zero-order chi connectivity index (χ0) is 17.4. The van der Waals surface area contributed by atoms with Gasteiger partial charge in [-0.3, -0.25) is 0 Å². The van der Waals surface area contributed by atoms with Crippen LogP contribution in [0, 0.1) is 11.7 Å². The number of nitrogens with zero attached hydrogens (tertiary/aromatic N) is 5. The van der Waals surface area contributed by atoms with E-state index in [2.05, 4.69) is 27.1 Å². The molecule has 1 fully saturated rings. The van der Waals surface area contributed by atoms with E-state index in [1.54, 1.807) is 29.8 Å². The van der Waals surface area contributed by atoms with Crippen molar-refractivity contribution in [3.05, 3.63) is 42.2 Å². The summed E-state index contributed by atoms with van der Waals surface area (Å²) in [5.41, 5.74) is 0.984. The number of fused-ring (bicyclic) bond motifs is 1. The first-order valence-electron chi connectivity index (χ1n) is 8.42. The molecule has 1 aliphatic heterocycles. The van der Waals surface area contributed by atoms with Gasteiger partial charge in [-0.2, -0.15) is 4.52 Å². The molecule has 0 saturated carbocycles. The quantitative estimate of drug-likeness (QED) is 0.733. The van der Waals surface area contributed by atoms with E-state index in [-0.39, 0.29) is 11.9 Å². The van der Waals surface area contributed by atoms with Crippen LogP contribution in [-0.4, -0.2) is 46.1 Å². The van der Waals surface area contributed by atoms with Crippen LogP contribution in [0.1, 0.15) is 13.3 Å². The molecule has 1 aliphatic rings. The van der Waals surface area contributed by atoms with Crippen molar-refractivity contribution >= 4 is 11.5 Å². The van der Waals surface area contributed by atoms with Gasteiger partial charge in [0.1, 0.15) is 11.6 Å². The topological polar surface area (TPSA) is 55.5 Å². The molecule has 0 amide bonds. The minimum Gasteiger partial charge on any atom is -0.379 e. The highest BCUT2D eigenvalue weighted by Crippen LogP contribution is 2.25. The van der Waals surface area contributed by atoms with Gasteiger partial charge in [-0.15, -0.1) is 15.3 Å². The van der Waals surface area contributed by atoms with Gasteiger partial charge in [0.2, 0.25) is 0 Å². The summed E-state index contributed by atoms with van der Waals surface area (Å²) in [6.45, 7) is 3.90. The third kappa shape index (κ3) is 2.84. The van der Waals surface area contributed by atoms with Crippen LogP contribution in [0.2, 0.25) is 0 Å². The largest absolute Gasteiger partial charge is 0.379 e. The van der Waals surface area contributed by atoms with Crippen LogP contribution >= 0.6 is 0 Å². The van der Waals surface area contributed by atoms with Crippen molar-refractivity contribution in [2.75, 3.05) is 25.1 Å². The van der Waals surface area contributed by atoms with E-state index in [0.29, 0.717) is 23.0 Å². The molecule has 130 valence electrons. The second kappa shape index (κ2) is 6.40. The number of rotatable bonds is 3. The number of hydrogen-bond acceptors (Lipinski definition) is 5. The van der Waals surface area contributed by atoms with Gasteiger partial charge in [0, 0.05) is 20.2 Å². The van der Waals surface area contributed by atoms with Gasteiger partial charge in [0.15, 0.2) is 11.5 Å². The highest BCUT2D eigenvalue weighted by molar-refractivity contribution is 5.60. The lowest BCUT2D eigenvalue weighted by molar-refractivity contribution is 0.0496. The first-order valence-corrected chi connectivity index (χ1v) is 8.42. The highest BCUT2D eigenvalue weighted by atomic mass is 19.1. The fourth-order valence-electron chi connectivity index (χ4n) is 3.31. The van der Waals surface area contributed by atoms with E-state index in [4.69, 9.17) is 4.74 Å². The molecule has 25 heavy (non-hydrogen) atoms. The van der Waals surface area contributed by atoms with Crippen molar-refractivity contribution in [3.8, 4) is 11.4 Å². The van der Waals surface area contributed by atoms with Gasteiger partial charge in [-0.05, 0) is 36.6 Å². The van der Waals surface area contributed by atoms with Crippen LogP contribution < -0.4 is 4.90 Å². The summed E-state index contributed by atoms with van der Waals surface area (Å²) in [5, 5.41) is 12.9. The molecule has 0 radical (unpaired) electrons. The number of anilines is 1. The Morgan fingerprint density at radius 1 is 1.16 bits per heavy atom. The molecule has 6 nitrogen and oxygen atoms in total. The lowest BCUT2D eigenvalue weighted by Crippen LogP contribution is -2.44. The molecular formula is C18H20FN5O. The SMILES string of the molecule is COC1CN(c2ccc3nnc(-c4ccccc4F)n3n2)CCC1C. The van der Waals surface area contributed by atoms with Crippen LogP contribution in [0.15, 0.2) is 36.4 Å². The molecule has 0 aliphatic carbocycles. The highest BCUT2D eigenvalue weighted by Gasteiger charge is 2.27. The Kier molecular flexibility index (Phi) is 4.09. The number of benzene rings is 1. The van der Waals surface area contributed by atoms with E-state index in [0.717, 1.165) is 25.3 Å². The molecule has 3 heterocycles. The first kappa shape index (κ1) is 16.0. The van der Waals surface area contributed by atoms with Gasteiger partial charge in [0.25, 0.3) is 0 Å². The molecule has 0 N–H and O–H groups in total.